The molecule has 7 heteroatoms. The summed E-state index contributed by atoms with van der Waals surface area (Å²) in [5.74, 6) is -0.763. The molecular formula is C16H21N3O4. The average molecular weight is 319 g/mol. The van der Waals surface area contributed by atoms with Crippen LogP contribution in [0.1, 0.15) is 37.0 Å². The molecule has 0 saturated heterocycles. The van der Waals surface area contributed by atoms with E-state index in [1.807, 2.05) is 0 Å². The number of carbonyl (C=O) groups is 4. The minimum absolute atomic E-state index is 0.0347. The standard InChI is InChI=1S/C16H21N3O4/c1-11(20)6-7-15(22)17-8-9-18-16(23)13-4-3-5-14(10-13)19-12(2)21/h3-5,10H,6-9H2,1-2H3,(H,17,22)(H,18,23)(H,19,21). The van der Waals surface area contributed by atoms with Crippen molar-refractivity contribution in [3.63, 3.8) is 0 Å². The number of carbonyl (C=O) groups excluding carboxylic acids is 4. The molecule has 0 spiro atoms. The lowest BCUT2D eigenvalue weighted by Crippen LogP contribution is -2.34. The molecule has 1 aromatic carbocycles. The second-order valence-electron chi connectivity index (χ2n) is 5.07. The molecule has 0 atom stereocenters. The molecule has 3 amide bonds. The molecule has 0 aromatic heterocycles. The van der Waals surface area contributed by atoms with Crippen LogP contribution >= 0.6 is 0 Å². The third-order valence-corrected chi connectivity index (χ3v) is 2.88. The Kier molecular flexibility index (Phi) is 7.45. The Hall–Kier alpha value is -2.70. The molecule has 7 nitrogen and oxygen atoms in total. The van der Waals surface area contributed by atoms with E-state index >= 15 is 0 Å². The minimum Gasteiger partial charge on any atom is -0.354 e. The first-order valence-electron chi connectivity index (χ1n) is 7.30. The quantitative estimate of drug-likeness (QED) is 0.618. The number of anilines is 1. The summed E-state index contributed by atoms with van der Waals surface area (Å²) in [5, 5.41) is 7.89. The summed E-state index contributed by atoms with van der Waals surface area (Å²) in [7, 11) is 0. The molecule has 0 radical (unpaired) electrons. The lowest BCUT2D eigenvalue weighted by molar-refractivity contribution is -0.124. The number of Topliss-reactive ketones (excluding diaryl/α,β-unsaturated/α-hetero) is 1. The monoisotopic (exact) mass is 319 g/mol. The highest BCUT2D eigenvalue weighted by Gasteiger charge is 2.07. The van der Waals surface area contributed by atoms with E-state index in [9.17, 15) is 19.2 Å². The first kappa shape index (κ1) is 18.3. The Labute approximate surface area is 134 Å². The number of amides is 3. The van der Waals surface area contributed by atoms with Gasteiger partial charge in [0.05, 0.1) is 0 Å². The van der Waals surface area contributed by atoms with Crippen molar-refractivity contribution in [2.75, 3.05) is 18.4 Å². The summed E-state index contributed by atoms with van der Waals surface area (Å²) in [5.41, 5.74) is 0.960. The van der Waals surface area contributed by atoms with E-state index < -0.39 is 0 Å². The van der Waals surface area contributed by atoms with Gasteiger partial charge in [-0.15, -0.1) is 0 Å². The molecule has 0 aliphatic carbocycles. The maximum Gasteiger partial charge on any atom is 0.251 e. The highest BCUT2D eigenvalue weighted by molar-refractivity contribution is 5.96. The Bertz CT molecular complexity index is 599. The third kappa shape index (κ3) is 7.75. The molecule has 0 aliphatic rings. The molecule has 0 bridgehead atoms. The lowest BCUT2D eigenvalue weighted by Gasteiger charge is -2.08. The topological polar surface area (TPSA) is 104 Å². The van der Waals surface area contributed by atoms with E-state index in [1.165, 1.54) is 13.8 Å². The maximum atomic E-state index is 12.0. The number of hydrogen-bond donors (Lipinski definition) is 3. The fourth-order valence-electron chi connectivity index (χ4n) is 1.80. The lowest BCUT2D eigenvalue weighted by atomic mass is 10.2. The molecule has 3 N–H and O–H groups in total. The summed E-state index contributed by atoms with van der Waals surface area (Å²) < 4.78 is 0. The van der Waals surface area contributed by atoms with Gasteiger partial charge in [0.2, 0.25) is 11.8 Å². The van der Waals surface area contributed by atoms with Crippen LogP contribution in [0.3, 0.4) is 0 Å². The van der Waals surface area contributed by atoms with Gasteiger partial charge >= 0.3 is 0 Å². The van der Waals surface area contributed by atoms with Crippen molar-refractivity contribution in [3.05, 3.63) is 29.8 Å². The predicted molar refractivity (Wildman–Crippen MR) is 86.0 cm³/mol. The van der Waals surface area contributed by atoms with Gasteiger partial charge in [0.25, 0.3) is 5.91 Å². The van der Waals surface area contributed by atoms with Crippen molar-refractivity contribution in [2.24, 2.45) is 0 Å². The zero-order valence-corrected chi connectivity index (χ0v) is 13.3. The normalized spacial score (nSPS) is 9.83. The summed E-state index contributed by atoms with van der Waals surface area (Å²) in [6.07, 6.45) is 0.371. The van der Waals surface area contributed by atoms with Crippen molar-refractivity contribution in [3.8, 4) is 0 Å². The van der Waals surface area contributed by atoms with Crippen molar-refractivity contribution in [1.82, 2.24) is 10.6 Å². The van der Waals surface area contributed by atoms with Crippen LogP contribution in [0.5, 0.6) is 0 Å². The van der Waals surface area contributed by atoms with Gasteiger partial charge in [0.1, 0.15) is 5.78 Å². The first-order valence-corrected chi connectivity index (χ1v) is 7.30. The van der Waals surface area contributed by atoms with Gasteiger partial charge < -0.3 is 20.7 Å². The number of rotatable bonds is 8. The van der Waals surface area contributed by atoms with Gasteiger partial charge in [-0.2, -0.15) is 0 Å². The Morgan fingerprint density at radius 3 is 2.30 bits per heavy atom. The van der Waals surface area contributed by atoms with Crippen molar-refractivity contribution >= 4 is 29.2 Å². The summed E-state index contributed by atoms with van der Waals surface area (Å²) in [6, 6.07) is 6.56. The van der Waals surface area contributed by atoms with Gasteiger partial charge in [-0.3, -0.25) is 14.4 Å². The van der Waals surface area contributed by atoms with Crippen molar-refractivity contribution in [1.29, 1.82) is 0 Å². The number of nitrogens with one attached hydrogen (secondary N) is 3. The number of hydrogen-bond acceptors (Lipinski definition) is 4. The first-order chi connectivity index (χ1) is 10.9. The molecule has 1 aromatic rings. The van der Waals surface area contributed by atoms with Crippen LogP contribution in [0, 0.1) is 0 Å². The van der Waals surface area contributed by atoms with Gasteiger partial charge in [-0.05, 0) is 25.1 Å². The zero-order valence-electron chi connectivity index (χ0n) is 13.3. The second kappa shape index (κ2) is 9.34. The fourth-order valence-corrected chi connectivity index (χ4v) is 1.80. The van der Waals surface area contributed by atoms with Gasteiger partial charge in [0, 0.05) is 44.1 Å². The molecule has 1 rings (SSSR count). The largest absolute Gasteiger partial charge is 0.354 e. The fraction of sp³-hybridized carbons (Fsp3) is 0.375. The highest BCUT2D eigenvalue weighted by Crippen LogP contribution is 2.10. The van der Waals surface area contributed by atoms with E-state index in [1.54, 1.807) is 24.3 Å². The predicted octanol–water partition coefficient (Wildman–Crippen LogP) is 0.860. The molecule has 0 unspecified atom stereocenters. The zero-order chi connectivity index (χ0) is 17.2. The summed E-state index contributed by atoms with van der Waals surface area (Å²) >= 11 is 0. The van der Waals surface area contributed by atoms with Crippen LogP contribution in [0.15, 0.2) is 24.3 Å². The van der Waals surface area contributed by atoms with Crippen LogP contribution in [0.4, 0.5) is 5.69 Å². The van der Waals surface area contributed by atoms with Gasteiger partial charge in [-0.1, -0.05) is 6.07 Å². The van der Waals surface area contributed by atoms with E-state index in [4.69, 9.17) is 0 Å². The van der Waals surface area contributed by atoms with Crippen molar-refractivity contribution < 1.29 is 19.2 Å². The van der Waals surface area contributed by atoms with E-state index in [-0.39, 0.29) is 49.4 Å². The Balaban J connectivity index is 2.35. The molecule has 23 heavy (non-hydrogen) atoms. The van der Waals surface area contributed by atoms with Crippen LogP contribution in [0.25, 0.3) is 0 Å². The minimum atomic E-state index is -0.296. The molecule has 0 fully saturated rings. The van der Waals surface area contributed by atoms with Crippen molar-refractivity contribution in [2.45, 2.75) is 26.7 Å². The summed E-state index contributed by atoms with van der Waals surface area (Å²) in [4.78, 5) is 45.1. The van der Waals surface area contributed by atoms with Gasteiger partial charge in [0.15, 0.2) is 0 Å². The smallest absolute Gasteiger partial charge is 0.251 e. The Morgan fingerprint density at radius 2 is 1.65 bits per heavy atom. The molecule has 0 aliphatic heterocycles. The van der Waals surface area contributed by atoms with E-state index in [2.05, 4.69) is 16.0 Å². The SMILES string of the molecule is CC(=O)CCC(=O)NCCNC(=O)c1cccc(NC(C)=O)c1. The molecule has 0 saturated carbocycles. The number of benzene rings is 1. The summed E-state index contributed by atoms with van der Waals surface area (Å²) in [6.45, 7) is 3.38. The number of ketones is 1. The van der Waals surface area contributed by atoms with Crippen LogP contribution in [0.2, 0.25) is 0 Å². The average Bonchev–Trinajstić information content (AvgIpc) is 2.49. The van der Waals surface area contributed by atoms with Crippen LogP contribution in [-0.4, -0.2) is 36.6 Å². The molecule has 124 valence electrons. The second-order valence-corrected chi connectivity index (χ2v) is 5.07. The van der Waals surface area contributed by atoms with E-state index in [0.717, 1.165) is 0 Å². The van der Waals surface area contributed by atoms with E-state index in [0.29, 0.717) is 11.3 Å². The van der Waals surface area contributed by atoms with Crippen LogP contribution in [-0.2, 0) is 14.4 Å². The van der Waals surface area contributed by atoms with Crippen LogP contribution < -0.4 is 16.0 Å². The molecular weight excluding hydrogens is 298 g/mol. The third-order valence-electron chi connectivity index (χ3n) is 2.88. The maximum absolute atomic E-state index is 12.0. The highest BCUT2D eigenvalue weighted by atomic mass is 16.2. The Morgan fingerprint density at radius 1 is 0.957 bits per heavy atom. The molecule has 0 heterocycles. The van der Waals surface area contributed by atoms with Gasteiger partial charge in [-0.25, -0.2) is 0 Å².